The van der Waals surface area contributed by atoms with Crippen LogP contribution in [0, 0.1) is 5.82 Å². The normalized spacial score (nSPS) is 10.9. The lowest BCUT2D eigenvalue weighted by Gasteiger charge is -2.11. The molecule has 0 spiro atoms. The molecule has 3 rings (SSSR count). The molecule has 0 amide bonds. The Bertz CT molecular complexity index is 815. The van der Waals surface area contributed by atoms with Crippen LogP contribution >= 0.6 is 34.8 Å². The Morgan fingerprint density at radius 2 is 1.81 bits per heavy atom. The highest BCUT2D eigenvalue weighted by Gasteiger charge is 2.14. The van der Waals surface area contributed by atoms with Gasteiger partial charge in [-0.1, -0.05) is 40.9 Å². The number of aromatic nitrogens is 1. The van der Waals surface area contributed by atoms with Crippen molar-refractivity contribution < 1.29 is 9.13 Å². The van der Waals surface area contributed by atoms with Gasteiger partial charge in [0.2, 0.25) is 0 Å². The van der Waals surface area contributed by atoms with Crippen molar-refractivity contribution in [3.63, 3.8) is 0 Å². The fourth-order valence-corrected chi connectivity index (χ4v) is 2.67. The van der Waals surface area contributed by atoms with E-state index in [0.717, 1.165) is 6.07 Å². The lowest BCUT2D eigenvalue weighted by molar-refractivity contribution is 0.446. The highest BCUT2D eigenvalue weighted by atomic mass is 35.5. The molecule has 0 bridgehead atoms. The molecule has 0 unspecified atom stereocenters. The minimum Gasteiger partial charge on any atom is -0.452 e. The average molecular weight is 343 g/mol. The van der Waals surface area contributed by atoms with Crippen molar-refractivity contribution in [2.45, 2.75) is 0 Å². The quantitative estimate of drug-likeness (QED) is 0.559. The van der Waals surface area contributed by atoms with Gasteiger partial charge in [0.1, 0.15) is 5.75 Å². The minimum absolute atomic E-state index is 0.0893. The third-order valence-corrected chi connectivity index (χ3v) is 3.66. The first kappa shape index (κ1) is 14.4. The summed E-state index contributed by atoms with van der Waals surface area (Å²) in [5.74, 6) is -0.321. The van der Waals surface area contributed by atoms with Gasteiger partial charge < -0.3 is 4.74 Å². The van der Waals surface area contributed by atoms with Gasteiger partial charge in [0.15, 0.2) is 11.6 Å². The zero-order valence-corrected chi connectivity index (χ0v) is 12.7. The smallest absolute Gasteiger partial charge is 0.181 e. The van der Waals surface area contributed by atoms with Gasteiger partial charge in [-0.05, 0) is 30.3 Å². The Labute approximate surface area is 135 Å². The second kappa shape index (κ2) is 5.68. The Balaban J connectivity index is 2.13. The van der Waals surface area contributed by atoms with Crippen LogP contribution in [0.3, 0.4) is 0 Å². The summed E-state index contributed by atoms with van der Waals surface area (Å²) in [6.45, 7) is 0. The van der Waals surface area contributed by atoms with E-state index in [0.29, 0.717) is 21.7 Å². The molecule has 1 heterocycles. The molecule has 0 saturated carbocycles. The van der Waals surface area contributed by atoms with E-state index in [1.54, 1.807) is 24.3 Å². The Kier molecular flexibility index (Phi) is 3.89. The third-order valence-electron chi connectivity index (χ3n) is 2.86. The van der Waals surface area contributed by atoms with Gasteiger partial charge in [0.05, 0.1) is 15.6 Å². The lowest BCUT2D eigenvalue weighted by Crippen LogP contribution is -1.92. The van der Waals surface area contributed by atoms with Crippen molar-refractivity contribution in [1.29, 1.82) is 0 Å². The molecular weight excluding hydrogens is 336 g/mol. The van der Waals surface area contributed by atoms with Gasteiger partial charge in [-0.15, -0.1) is 0 Å². The second-order valence-electron chi connectivity index (χ2n) is 4.25. The number of nitrogens with zero attached hydrogens (tertiary/aromatic N) is 1. The molecule has 0 N–H and O–H groups in total. The maximum Gasteiger partial charge on any atom is 0.181 e. The molecule has 2 aromatic carbocycles. The summed E-state index contributed by atoms with van der Waals surface area (Å²) in [6.07, 6.45) is 1.53. The summed E-state index contributed by atoms with van der Waals surface area (Å²) in [5.41, 5.74) is 0.571. The monoisotopic (exact) mass is 341 g/mol. The number of hydrogen-bond donors (Lipinski definition) is 0. The van der Waals surface area contributed by atoms with E-state index >= 15 is 0 Å². The number of benzene rings is 2. The summed E-state index contributed by atoms with van der Waals surface area (Å²) in [4.78, 5) is 4.18. The minimum atomic E-state index is -0.639. The lowest BCUT2D eigenvalue weighted by atomic mass is 10.2. The molecule has 0 aliphatic carbocycles. The molecule has 1 aromatic heterocycles. The zero-order chi connectivity index (χ0) is 15.0. The van der Waals surface area contributed by atoms with Crippen LogP contribution in [0.5, 0.6) is 11.5 Å². The van der Waals surface area contributed by atoms with Gasteiger partial charge in [0, 0.05) is 16.6 Å². The van der Waals surface area contributed by atoms with Crippen LogP contribution in [-0.2, 0) is 0 Å². The van der Waals surface area contributed by atoms with Gasteiger partial charge in [-0.25, -0.2) is 4.39 Å². The molecule has 0 saturated heterocycles. The van der Waals surface area contributed by atoms with Crippen molar-refractivity contribution in [2.75, 3.05) is 0 Å². The van der Waals surface area contributed by atoms with E-state index in [1.165, 1.54) is 12.3 Å². The molecule has 3 aromatic rings. The van der Waals surface area contributed by atoms with E-state index in [4.69, 9.17) is 39.5 Å². The first-order valence-electron chi connectivity index (χ1n) is 5.92. The molecule has 6 heteroatoms. The molecule has 21 heavy (non-hydrogen) atoms. The van der Waals surface area contributed by atoms with Crippen LogP contribution in [0.2, 0.25) is 15.1 Å². The largest absolute Gasteiger partial charge is 0.452 e. The molecule has 0 atom stereocenters. The molecule has 0 radical (unpaired) electrons. The van der Waals surface area contributed by atoms with Crippen molar-refractivity contribution in [1.82, 2.24) is 4.98 Å². The first-order chi connectivity index (χ1) is 10.1. The van der Waals surface area contributed by atoms with Crippen molar-refractivity contribution in [2.24, 2.45) is 0 Å². The SMILES string of the molecule is Fc1cc(Cl)cc(Cl)c1Oc1ccnc2c(Cl)cccc12. The van der Waals surface area contributed by atoms with Crippen LogP contribution in [0.4, 0.5) is 4.39 Å². The number of halogens is 4. The number of rotatable bonds is 2. The molecule has 0 aliphatic heterocycles. The Morgan fingerprint density at radius 3 is 2.57 bits per heavy atom. The molecule has 2 nitrogen and oxygen atoms in total. The fraction of sp³-hybridized carbons (Fsp3) is 0. The van der Waals surface area contributed by atoms with E-state index in [-0.39, 0.29) is 15.8 Å². The number of pyridine rings is 1. The highest BCUT2D eigenvalue weighted by molar-refractivity contribution is 6.36. The van der Waals surface area contributed by atoms with Gasteiger partial charge in [-0.2, -0.15) is 0 Å². The number of ether oxygens (including phenoxy) is 1. The third kappa shape index (κ3) is 2.77. The maximum atomic E-state index is 13.9. The van der Waals surface area contributed by atoms with Gasteiger partial charge in [-0.3, -0.25) is 4.98 Å². The molecular formula is C15H7Cl3FNO. The second-order valence-corrected chi connectivity index (χ2v) is 5.50. The number of hydrogen-bond acceptors (Lipinski definition) is 2. The molecule has 0 aliphatic rings. The van der Waals surface area contributed by atoms with Crippen LogP contribution < -0.4 is 4.74 Å². The van der Waals surface area contributed by atoms with Crippen molar-refractivity contribution in [3.05, 3.63) is 63.5 Å². The van der Waals surface area contributed by atoms with E-state index in [9.17, 15) is 4.39 Å². The standard InChI is InChI=1S/C15H7Cl3FNO/c16-8-6-11(18)15(12(19)7-8)21-13-4-5-20-14-9(13)2-1-3-10(14)17/h1-7H. The maximum absolute atomic E-state index is 13.9. The predicted molar refractivity (Wildman–Crippen MR) is 83.2 cm³/mol. The summed E-state index contributed by atoms with van der Waals surface area (Å²) >= 11 is 17.8. The number of para-hydroxylation sites is 1. The van der Waals surface area contributed by atoms with Gasteiger partial charge >= 0.3 is 0 Å². The first-order valence-corrected chi connectivity index (χ1v) is 7.05. The summed E-state index contributed by atoms with van der Waals surface area (Å²) in [5, 5.41) is 1.44. The van der Waals surface area contributed by atoms with Crippen LogP contribution in [0.1, 0.15) is 0 Å². The average Bonchev–Trinajstić information content (AvgIpc) is 2.43. The zero-order valence-electron chi connectivity index (χ0n) is 10.4. The van der Waals surface area contributed by atoms with Crippen molar-refractivity contribution in [3.8, 4) is 11.5 Å². The van der Waals surface area contributed by atoms with Crippen LogP contribution in [-0.4, -0.2) is 4.98 Å². The summed E-state index contributed by atoms with van der Waals surface area (Å²) in [6, 6.07) is 9.43. The molecule has 0 fully saturated rings. The van der Waals surface area contributed by atoms with Crippen molar-refractivity contribution >= 4 is 45.7 Å². The Morgan fingerprint density at radius 1 is 1.00 bits per heavy atom. The molecule has 106 valence electrons. The van der Waals surface area contributed by atoms with E-state index < -0.39 is 5.82 Å². The predicted octanol–water partition coefficient (Wildman–Crippen LogP) is 6.13. The van der Waals surface area contributed by atoms with E-state index in [2.05, 4.69) is 4.98 Å². The highest BCUT2D eigenvalue weighted by Crippen LogP contribution is 2.37. The van der Waals surface area contributed by atoms with Crippen LogP contribution in [0.15, 0.2) is 42.6 Å². The van der Waals surface area contributed by atoms with E-state index in [1.807, 2.05) is 0 Å². The fourth-order valence-electron chi connectivity index (χ4n) is 1.94. The number of fused-ring (bicyclic) bond motifs is 1. The Hall–Kier alpha value is -1.55. The summed E-state index contributed by atoms with van der Waals surface area (Å²) < 4.78 is 19.5. The van der Waals surface area contributed by atoms with Crippen LogP contribution in [0.25, 0.3) is 10.9 Å². The topological polar surface area (TPSA) is 22.1 Å². The summed E-state index contributed by atoms with van der Waals surface area (Å²) in [7, 11) is 0. The van der Waals surface area contributed by atoms with Gasteiger partial charge in [0.25, 0.3) is 0 Å².